The second kappa shape index (κ2) is 5.29. The van der Waals surface area contributed by atoms with Crippen molar-refractivity contribution in [1.29, 1.82) is 0 Å². The van der Waals surface area contributed by atoms with E-state index in [2.05, 4.69) is 26.1 Å². The van der Waals surface area contributed by atoms with Gasteiger partial charge in [-0.25, -0.2) is 4.39 Å². The maximum Gasteiger partial charge on any atom is 0.261 e. The van der Waals surface area contributed by atoms with Crippen molar-refractivity contribution in [3.63, 3.8) is 0 Å². The monoisotopic (exact) mass is 347 g/mol. The summed E-state index contributed by atoms with van der Waals surface area (Å²) in [5.41, 5.74) is 7.94. The molecule has 0 spiro atoms. The fourth-order valence-corrected chi connectivity index (χ4v) is 2.50. The summed E-state index contributed by atoms with van der Waals surface area (Å²) in [6.45, 7) is 1.94. The predicted octanol–water partition coefficient (Wildman–Crippen LogP) is 4.20. The van der Waals surface area contributed by atoms with Crippen LogP contribution in [0.3, 0.4) is 0 Å². The van der Waals surface area contributed by atoms with Crippen LogP contribution in [-0.2, 0) is 0 Å². The molecule has 1 heterocycles. The number of hydrogen-bond donors (Lipinski definition) is 1. The van der Waals surface area contributed by atoms with Gasteiger partial charge in [0.2, 0.25) is 5.82 Å². The molecule has 0 bridgehead atoms. The molecule has 2 aromatic carbocycles. The molecule has 6 heteroatoms. The van der Waals surface area contributed by atoms with E-state index < -0.39 is 5.82 Å². The molecule has 3 rings (SSSR count). The second-order valence-electron chi connectivity index (χ2n) is 4.62. The number of aromatic nitrogens is 2. The van der Waals surface area contributed by atoms with E-state index in [0.717, 1.165) is 15.6 Å². The molecule has 0 amide bonds. The van der Waals surface area contributed by atoms with Gasteiger partial charge in [-0.1, -0.05) is 21.1 Å². The minimum atomic E-state index is -0.488. The highest BCUT2D eigenvalue weighted by molar-refractivity contribution is 9.10. The van der Waals surface area contributed by atoms with Gasteiger partial charge in [0.25, 0.3) is 5.89 Å². The van der Waals surface area contributed by atoms with Crippen LogP contribution in [0.25, 0.3) is 22.8 Å². The molecule has 0 atom stereocenters. The summed E-state index contributed by atoms with van der Waals surface area (Å²) in [6.07, 6.45) is 0. The van der Waals surface area contributed by atoms with Crippen molar-refractivity contribution in [2.24, 2.45) is 0 Å². The number of nitrogens with zero attached hydrogens (tertiary/aromatic N) is 2. The Morgan fingerprint density at radius 3 is 2.62 bits per heavy atom. The molecule has 3 aromatic rings. The molecule has 0 aliphatic rings. The van der Waals surface area contributed by atoms with E-state index in [1.54, 1.807) is 6.07 Å². The van der Waals surface area contributed by atoms with Gasteiger partial charge in [-0.3, -0.25) is 0 Å². The molecule has 4 nitrogen and oxygen atoms in total. The Balaban J connectivity index is 2.03. The Kier molecular flexibility index (Phi) is 3.47. The number of nitrogen functional groups attached to an aromatic ring is 1. The molecule has 0 saturated heterocycles. The number of halogens is 2. The van der Waals surface area contributed by atoms with E-state index in [4.69, 9.17) is 10.3 Å². The van der Waals surface area contributed by atoms with Crippen LogP contribution in [0.15, 0.2) is 45.4 Å². The van der Waals surface area contributed by atoms with Crippen molar-refractivity contribution in [2.45, 2.75) is 6.92 Å². The summed E-state index contributed by atoms with van der Waals surface area (Å²) >= 11 is 3.40. The topological polar surface area (TPSA) is 64.9 Å². The van der Waals surface area contributed by atoms with E-state index in [1.165, 1.54) is 12.1 Å². The zero-order chi connectivity index (χ0) is 15.0. The summed E-state index contributed by atoms with van der Waals surface area (Å²) in [4.78, 5) is 4.26. The number of hydrogen-bond acceptors (Lipinski definition) is 4. The minimum absolute atomic E-state index is 0.129. The summed E-state index contributed by atoms with van der Waals surface area (Å²) in [6, 6.07) is 10.1. The van der Waals surface area contributed by atoms with Crippen LogP contribution < -0.4 is 5.73 Å². The van der Waals surface area contributed by atoms with Crippen molar-refractivity contribution in [3.8, 4) is 22.8 Å². The standard InChI is InChI=1S/C15H11BrFN3O/c1-8-6-9(16)2-4-11(8)14-19-15(21-20-14)12-5-3-10(18)7-13(12)17/h2-7H,18H2,1H3. The van der Waals surface area contributed by atoms with Gasteiger partial charge in [0.05, 0.1) is 5.56 Å². The summed E-state index contributed by atoms with van der Waals surface area (Å²) in [5.74, 6) is 0.0637. The Hall–Kier alpha value is -2.21. The highest BCUT2D eigenvalue weighted by Crippen LogP contribution is 2.28. The van der Waals surface area contributed by atoms with E-state index in [9.17, 15) is 4.39 Å². The lowest BCUT2D eigenvalue weighted by Gasteiger charge is -2.00. The maximum atomic E-state index is 13.9. The van der Waals surface area contributed by atoms with Crippen LogP contribution in [0, 0.1) is 12.7 Å². The van der Waals surface area contributed by atoms with E-state index >= 15 is 0 Å². The molecule has 0 aliphatic heterocycles. The molecule has 1 aromatic heterocycles. The van der Waals surface area contributed by atoms with Crippen molar-refractivity contribution < 1.29 is 8.91 Å². The third kappa shape index (κ3) is 2.67. The quantitative estimate of drug-likeness (QED) is 0.705. The zero-order valence-electron chi connectivity index (χ0n) is 11.1. The van der Waals surface area contributed by atoms with Gasteiger partial charge >= 0.3 is 0 Å². The molecular weight excluding hydrogens is 337 g/mol. The molecule has 0 fully saturated rings. The average Bonchev–Trinajstić information content (AvgIpc) is 2.87. The number of aryl methyl sites for hydroxylation is 1. The first-order valence-corrected chi connectivity index (χ1v) is 6.99. The fraction of sp³-hybridized carbons (Fsp3) is 0.0667. The molecule has 21 heavy (non-hydrogen) atoms. The third-order valence-corrected chi connectivity index (χ3v) is 3.57. The molecular formula is C15H11BrFN3O. The molecule has 0 saturated carbocycles. The van der Waals surface area contributed by atoms with E-state index in [0.29, 0.717) is 11.5 Å². The molecule has 0 aliphatic carbocycles. The van der Waals surface area contributed by atoms with Gasteiger partial charge in [0.15, 0.2) is 0 Å². The Labute approximate surface area is 128 Å². The Bertz CT molecular complexity index is 750. The molecule has 2 N–H and O–H groups in total. The number of benzene rings is 2. The number of rotatable bonds is 2. The van der Waals surface area contributed by atoms with Crippen LogP contribution in [-0.4, -0.2) is 10.1 Å². The summed E-state index contributed by atoms with van der Waals surface area (Å²) in [5, 5.41) is 3.92. The van der Waals surface area contributed by atoms with Crippen LogP contribution in [0.4, 0.5) is 10.1 Å². The Morgan fingerprint density at radius 2 is 1.90 bits per heavy atom. The highest BCUT2D eigenvalue weighted by atomic mass is 79.9. The van der Waals surface area contributed by atoms with Gasteiger partial charge in [0, 0.05) is 15.7 Å². The highest BCUT2D eigenvalue weighted by Gasteiger charge is 2.15. The van der Waals surface area contributed by atoms with Gasteiger partial charge in [0.1, 0.15) is 5.82 Å². The minimum Gasteiger partial charge on any atom is -0.399 e. The van der Waals surface area contributed by atoms with E-state index in [-0.39, 0.29) is 11.5 Å². The van der Waals surface area contributed by atoms with Crippen LogP contribution >= 0.6 is 15.9 Å². The lowest BCUT2D eigenvalue weighted by molar-refractivity contribution is 0.429. The van der Waals surface area contributed by atoms with Crippen molar-refractivity contribution in [2.75, 3.05) is 5.73 Å². The first-order valence-electron chi connectivity index (χ1n) is 6.20. The molecule has 0 radical (unpaired) electrons. The summed E-state index contributed by atoms with van der Waals surface area (Å²) < 4.78 is 20.0. The normalized spacial score (nSPS) is 10.8. The number of nitrogens with two attached hydrogens (primary N) is 1. The second-order valence-corrected chi connectivity index (χ2v) is 5.54. The van der Waals surface area contributed by atoms with Crippen LogP contribution in [0.2, 0.25) is 0 Å². The van der Waals surface area contributed by atoms with Gasteiger partial charge < -0.3 is 10.3 Å². The maximum absolute atomic E-state index is 13.9. The lowest BCUT2D eigenvalue weighted by Crippen LogP contribution is -1.90. The lowest BCUT2D eigenvalue weighted by atomic mass is 10.1. The van der Waals surface area contributed by atoms with Gasteiger partial charge in [-0.05, 0) is 48.9 Å². The SMILES string of the molecule is Cc1cc(Br)ccc1-c1noc(-c2ccc(N)cc2F)n1. The van der Waals surface area contributed by atoms with Crippen LogP contribution in [0.1, 0.15) is 5.56 Å². The predicted molar refractivity (Wildman–Crippen MR) is 82.0 cm³/mol. The van der Waals surface area contributed by atoms with Gasteiger partial charge in [-0.2, -0.15) is 4.98 Å². The van der Waals surface area contributed by atoms with Crippen molar-refractivity contribution in [1.82, 2.24) is 10.1 Å². The zero-order valence-corrected chi connectivity index (χ0v) is 12.7. The van der Waals surface area contributed by atoms with E-state index in [1.807, 2.05) is 25.1 Å². The molecule has 106 valence electrons. The largest absolute Gasteiger partial charge is 0.399 e. The summed E-state index contributed by atoms with van der Waals surface area (Å²) in [7, 11) is 0. The smallest absolute Gasteiger partial charge is 0.261 e. The van der Waals surface area contributed by atoms with Crippen LogP contribution in [0.5, 0.6) is 0 Å². The van der Waals surface area contributed by atoms with Crippen molar-refractivity contribution in [3.05, 3.63) is 52.3 Å². The third-order valence-electron chi connectivity index (χ3n) is 3.08. The first-order chi connectivity index (χ1) is 10.0. The average molecular weight is 348 g/mol. The van der Waals surface area contributed by atoms with Gasteiger partial charge in [-0.15, -0.1) is 0 Å². The Morgan fingerprint density at radius 1 is 1.14 bits per heavy atom. The molecule has 0 unspecified atom stereocenters. The first kappa shape index (κ1) is 13.8. The number of anilines is 1. The fourth-order valence-electron chi connectivity index (χ4n) is 2.03. The van der Waals surface area contributed by atoms with Crippen molar-refractivity contribution >= 4 is 21.6 Å².